The highest BCUT2D eigenvalue weighted by molar-refractivity contribution is 7.92. The average Bonchev–Trinajstić information content (AvgIpc) is 3.21. The van der Waals surface area contributed by atoms with E-state index >= 15 is 0 Å². The second-order valence-electron chi connectivity index (χ2n) is 5.09. The largest absolute Gasteiger partial charge is 0.454 e. The molecule has 0 amide bonds. The van der Waals surface area contributed by atoms with E-state index in [1.165, 1.54) is 23.5 Å². The first-order valence-corrected chi connectivity index (χ1v) is 8.31. The number of hydrogen-bond donors (Lipinski definition) is 1. The van der Waals surface area contributed by atoms with Crippen molar-refractivity contribution in [1.82, 2.24) is 9.97 Å². The van der Waals surface area contributed by atoms with Crippen molar-refractivity contribution >= 4 is 26.7 Å². The molecule has 0 spiro atoms. The molecular formula is C15H13N3O4S. The molecule has 0 saturated heterocycles. The number of hydrogen-bond acceptors (Lipinski definition) is 5. The smallest absolute Gasteiger partial charge is 0.264 e. The van der Waals surface area contributed by atoms with Crippen molar-refractivity contribution in [2.75, 3.05) is 18.1 Å². The van der Waals surface area contributed by atoms with Crippen LogP contribution in [0.15, 0.2) is 47.6 Å². The van der Waals surface area contributed by atoms with Crippen LogP contribution in [0.1, 0.15) is 0 Å². The minimum Gasteiger partial charge on any atom is -0.454 e. The van der Waals surface area contributed by atoms with Crippen molar-refractivity contribution < 1.29 is 17.9 Å². The summed E-state index contributed by atoms with van der Waals surface area (Å²) in [5.41, 5.74) is 2.09. The lowest BCUT2D eigenvalue weighted by molar-refractivity contribution is 0.174. The normalized spacial score (nSPS) is 13.4. The van der Waals surface area contributed by atoms with Gasteiger partial charge in [-0.05, 0) is 30.3 Å². The molecule has 1 N–H and O–H groups in total. The zero-order valence-corrected chi connectivity index (χ0v) is 13.0. The molecule has 1 aliphatic heterocycles. The van der Waals surface area contributed by atoms with Crippen LogP contribution in [0.2, 0.25) is 0 Å². The summed E-state index contributed by atoms with van der Waals surface area (Å²) in [4.78, 5) is 7.24. The number of H-pyrrole nitrogens is 1. The quantitative estimate of drug-likeness (QED) is 0.794. The number of ether oxygens (including phenoxy) is 2. The molecule has 23 heavy (non-hydrogen) atoms. The van der Waals surface area contributed by atoms with E-state index in [1.807, 2.05) is 0 Å². The number of benzene rings is 2. The number of aromatic nitrogens is 2. The van der Waals surface area contributed by atoms with Crippen LogP contribution in [0.3, 0.4) is 0 Å². The Morgan fingerprint density at radius 1 is 1.13 bits per heavy atom. The molecule has 1 aliphatic rings. The van der Waals surface area contributed by atoms with Gasteiger partial charge >= 0.3 is 0 Å². The van der Waals surface area contributed by atoms with Crippen LogP contribution < -0.4 is 13.8 Å². The maximum absolute atomic E-state index is 12.8. The molecule has 0 radical (unpaired) electrons. The number of anilines is 1. The molecule has 0 unspecified atom stereocenters. The molecule has 2 heterocycles. The van der Waals surface area contributed by atoms with Gasteiger partial charge in [0.1, 0.15) is 0 Å². The summed E-state index contributed by atoms with van der Waals surface area (Å²) in [5, 5.41) is 0. The van der Waals surface area contributed by atoms with E-state index in [0.717, 1.165) is 11.0 Å². The number of aromatic amines is 1. The van der Waals surface area contributed by atoms with Crippen LogP contribution in [0.5, 0.6) is 11.5 Å². The Morgan fingerprint density at radius 3 is 2.83 bits per heavy atom. The fourth-order valence-corrected chi connectivity index (χ4v) is 3.66. The molecule has 1 aromatic heterocycles. The van der Waals surface area contributed by atoms with Gasteiger partial charge in [-0.3, -0.25) is 4.31 Å². The van der Waals surface area contributed by atoms with E-state index in [4.69, 9.17) is 9.47 Å². The summed E-state index contributed by atoms with van der Waals surface area (Å²) >= 11 is 0. The summed E-state index contributed by atoms with van der Waals surface area (Å²) in [5.74, 6) is 0.981. The third-order valence-electron chi connectivity index (χ3n) is 3.77. The maximum atomic E-state index is 12.8. The van der Waals surface area contributed by atoms with Gasteiger partial charge in [-0.2, -0.15) is 0 Å². The number of rotatable bonds is 3. The van der Waals surface area contributed by atoms with Gasteiger partial charge in [-0.15, -0.1) is 0 Å². The predicted octanol–water partition coefficient (Wildman–Crippen LogP) is 2.12. The van der Waals surface area contributed by atoms with Gasteiger partial charge in [-0.25, -0.2) is 13.4 Å². The van der Waals surface area contributed by atoms with Gasteiger partial charge in [0.2, 0.25) is 6.79 Å². The molecule has 8 heteroatoms. The lowest BCUT2D eigenvalue weighted by Crippen LogP contribution is -2.26. The number of fused-ring (bicyclic) bond motifs is 2. The highest BCUT2D eigenvalue weighted by Gasteiger charge is 2.25. The van der Waals surface area contributed by atoms with E-state index < -0.39 is 10.0 Å². The van der Waals surface area contributed by atoms with E-state index in [1.54, 1.807) is 30.6 Å². The van der Waals surface area contributed by atoms with Gasteiger partial charge in [0.05, 0.1) is 27.9 Å². The van der Waals surface area contributed by atoms with Gasteiger partial charge in [0, 0.05) is 13.1 Å². The Kier molecular flexibility index (Phi) is 2.95. The molecular weight excluding hydrogens is 318 g/mol. The third kappa shape index (κ3) is 2.18. The van der Waals surface area contributed by atoms with Crippen LogP contribution in [-0.2, 0) is 10.0 Å². The monoisotopic (exact) mass is 331 g/mol. The summed E-state index contributed by atoms with van der Waals surface area (Å²) in [6, 6.07) is 9.81. The first-order chi connectivity index (χ1) is 11.1. The zero-order chi connectivity index (χ0) is 16.0. The van der Waals surface area contributed by atoms with Crippen LogP contribution in [0.4, 0.5) is 5.69 Å². The predicted molar refractivity (Wildman–Crippen MR) is 84.2 cm³/mol. The number of nitrogens with zero attached hydrogens (tertiary/aromatic N) is 2. The number of imidazole rings is 1. The van der Waals surface area contributed by atoms with Gasteiger partial charge in [0.15, 0.2) is 11.5 Å². The number of nitrogens with one attached hydrogen (secondary N) is 1. The molecule has 0 atom stereocenters. The number of sulfonamides is 1. The minimum absolute atomic E-state index is 0.102. The van der Waals surface area contributed by atoms with Crippen molar-refractivity contribution in [3.05, 3.63) is 42.7 Å². The first-order valence-electron chi connectivity index (χ1n) is 6.87. The molecule has 118 valence electrons. The lowest BCUT2D eigenvalue weighted by Gasteiger charge is -2.19. The Hall–Kier alpha value is -2.74. The highest BCUT2D eigenvalue weighted by atomic mass is 32.2. The molecule has 0 aliphatic carbocycles. The van der Waals surface area contributed by atoms with Gasteiger partial charge in [-0.1, -0.05) is 0 Å². The third-order valence-corrected chi connectivity index (χ3v) is 5.55. The second-order valence-corrected chi connectivity index (χ2v) is 7.06. The van der Waals surface area contributed by atoms with Crippen molar-refractivity contribution in [2.24, 2.45) is 0 Å². The van der Waals surface area contributed by atoms with Crippen molar-refractivity contribution in [3.63, 3.8) is 0 Å². The summed E-state index contributed by atoms with van der Waals surface area (Å²) in [6.07, 6.45) is 1.57. The minimum atomic E-state index is -3.70. The molecule has 0 fully saturated rings. The lowest BCUT2D eigenvalue weighted by atomic mass is 10.3. The van der Waals surface area contributed by atoms with E-state index in [9.17, 15) is 8.42 Å². The van der Waals surface area contributed by atoms with Gasteiger partial charge in [0.25, 0.3) is 10.0 Å². The summed E-state index contributed by atoms with van der Waals surface area (Å²) in [7, 11) is -2.19. The van der Waals surface area contributed by atoms with Crippen LogP contribution in [-0.4, -0.2) is 32.2 Å². The average molecular weight is 331 g/mol. The first kappa shape index (κ1) is 13.9. The maximum Gasteiger partial charge on any atom is 0.264 e. The van der Waals surface area contributed by atoms with Crippen LogP contribution in [0, 0.1) is 0 Å². The molecule has 0 saturated carbocycles. The Labute approximate surface area is 132 Å². The standard InChI is InChI=1S/C15H13N3O4S/c1-18(10-2-4-12-13(6-10)17-8-16-12)23(19,20)11-3-5-14-15(7-11)22-9-21-14/h2-8H,9H2,1H3,(H,16,17). The Balaban J connectivity index is 1.75. The van der Waals surface area contributed by atoms with E-state index in [2.05, 4.69) is 9.97 Å². The van der Waals surface area contributed by atoms with E-state index in [0.29, 0.717) is 17.2 Å². The highest BCUT2D eigenvalue weighted by Crippen LogP contribution is 2.35. The van der Waals surface area contributed by atoms with Gasteiger partial charge < -0.3 is 14.5 Å². The van der Waals surface area contributed by atoms with Crippen molar-refractivity contribution in [3.8, 4) is 11.5 Å². The molecule has 7 nitrogen and oxygen atoms in total. The summed E-state index contributed by atoms with van der Waals surface area (Å²) < 4.78 is 37.3. The SMILES string of the molecule is CN(c1ccc2nc[nH]c2c1)S(=O)(=O)c1ccc2c(c1)OCO2. The Bertz CT molecular complexity index is 997. The molecule has 0 bridgehead atoms. The fourth-order valence-electron chi connectivity index (χ4n) is 2.45. The molecule has 4 rings (SSSR count). The van der Waals surface area contributed by atoms with Crippen molar-refractivity contribution in [1.29, 1.82) is 0 Å². The summed E-state index contributed by atoms with van der Waals surface area (Å²) in [6.45, 7) is 0.102. The van der Waals surface area contributed by atoms with Crippen LogP contribution >= 0.6 is 0 Å². The molecule has 2 aromatic carbocycles. The Morgan fingerprint density at radius 2 is 1.96 bits per heavy atom. The fraction of sp³-hybridized carbons (Fsp3) is 0.133. The van der Waals surface area contributed by atoms with Crippen molar-refractivity contribution in [2.45, 2.75) is 4.90 Å². The topological polar surface area (TPSA) is 84.5 Å². The molecule has 3 aromatic rings. The second kappa shape index (κ2) is 4.88. The van der Waals surface area contributed by atoms with E-state index in [-0.39, 0.29) is 11.7 Å². The zero-order valence-electron chi connectivity index (χ0n) is 12.2. The van der Waals surface area contributed by atoms with Crippen LogP contribution in [0.25, 0.3) is 11.0 Å².